The van der Waals surface area contributed by atoms with Gasteiger partial charge in [0.2, 0.25) is 0 Å². The molecule has 33 heavy (non-hydrogen) atoms. The van der Waals surface area contributed by atoms with Crippen molar-refractivity contribution in [1.29, 1.82) is 0 Å². The second kappa shape index (κ2) is 10.2. The highest BCUT2D eigenvalue weighted by Crippen LogP contribution is 2.32. The van der Waals surface area contributed by atoms with E-state index in [9.17, 15) is 13.6 Å². The summed E-state index contributed by atoms with van der Waals surface area (Å²) in [6.07, 6.45) is 2.52. The van der Waals surface area contributed by atoms with Gasteiger partial charge in [-0.1, -0.05) is 50.1 Å². The van der Waals surface area contributed by atoms with Crippen LogP contribution >= 0.6 is 11.9 Å². The average molecular weight is 473 g/mol. The molecular formula is C26H27F3N2OS. The maximum atomic E-state index is 15.6. The Labute approximate surface area is 196 Å². The molecule has 4 rings (SSSR count). The van der Waals surface area contributed by atoms with E-state index in [1.807, 2.05) is 30.5 Å². The Balaban J connectivity index is 1.77. The van der Waals surface area contributed by atoms with E-state index < -0.39 is 17.5 Å². The first kappa shape index (κ1) is 23.6. The molecule has 0 amide bonds. The van der Waals surface area contributed by atoms with Crippen LogP contribution in [-0.2, 0) is 19.3 Å². The van der Waals surface area contributed by atoms with Gasteiger partial charge in [-0.2, -0.15) is 0 Å². The average Bonchev–Trinajstić information content (AvgIpc) is 2.79. The third-order valence-electron chi connectivity index (χ3n) is 6.23. The summed E-state index contributed by atoms with van der Waals surface area (Å²) in [5.41, 5.74) is 2.36. The Morgan fingerprint density at radius 3 is 2.48 bits per heavy atom. The van der Waals surface area contributed by atoms with E-state index >= 15 is 4.39 Å². The zero-order valence-electron chi connectivity index (χ0n) is 18.7. The van der Waals surface area contributed by atoms with Crippen LogP contribution in [0.3, 0.4) is 0 Å². The van der Waals surface area contributed by atoms with Gasteiger partial charge in [-0.15, -0.1) is 0 Å². The molecule has 0 saturated carbocycles. The quantitative estimate of drug-likeness (QED) is 0.438. The van der Waals surface area contributed by atoms with Crippen LogP contribution in [0, 0.1) is 17.5 Å². The maximum Gasteiger partial charge on any atom is 0.254 e. The summed E-state index contributed by atoms with van der Waals surface area (Å²) < 4.78 is 48.4. The minimum atomic E-state index is -0.754. The molecule has 2 atom stereocenters. The van der Waals surface area contributed by atoms with Gasteiger partial charge in [-0.3, -0.25) is 9.52 Å². The van der Waals surface area contributed by atoms with Crippen molar-refractivity contribution < 1.29 is 13.2 Å². The van der Waals surface area contributed by atoms with Crippen LogP contribution in [0.4, 0.5) is 13.2 Å². The fraction of sp³-hybridized carbons (Fsp3) is 0.346. The van der Waals surface area contributed by atoms with Crippen LogP contribution in [0.25, 0.3) is 11.1 Å². The van der Waals surface area contributed by atoms with E-state index in [2.05, 4.69) is 4.72 Å². The summed E-state index contributed by atoms with van der Waals surface area (Å²) in [6, 6.07) is 11.5. The number of halogens is 3. The van der Waals surface area contributed by atoms with Crippen molar-refractivity contribution in [2.75, 3.05) is 5.75 Å². The predicted molar refractivity (Wildman–Crippen MR) is 128 cm³/mol. The normalized spacial score (nSPS) is 17.7. The molecule has 2 aromatic carbocycles. The van der Waals surface area contributed by atoms with E-state index in [0.29, 0.717) is 18.4 Å². The summed E-state index contributed by atoms with van der Waals surface area (Å²) in [5, 5.41) is 0. The van der Waals surface area contributed by atoms with E-state index in [-0.39, 0.29) is 28.8 Å². The first-order chi connectivity index (χ1) is 15.9. The number of hydrogen-bond acceptors (Lipinski definition) is 3. The molecule has 0 bridgehead atoms. The molecule has 0 aliphatic carbocycles. The Bertz CT molecular complexity index is 1190. The standard InChI is InChI=1S/C26H27F3N2OS/c1-3-16-8-9-21-10-11-23(30-33-4-2)24(31(21)26(16)32)14-17-6-5-7-22(25(17)29)18-12-19(27)15-20(28)13-18/h5-9,12-13,15,23-24,30H,3-4,10-11,14H2,1-2H3. The van der Waals surface area contributed by atoms with Crippen LogP contribution < -0.4 is 10.3 Å². The van der Waals surface area contributed by atoms with Crippen molar-refractivity contribution in [2.45, 2.75) is 51.6 Å². The predicted octanol–water partition coefficient (Wildman–Crippen LogP) is 5.85. The molecule has 7 heteroatoms. The van der Waals surface area contributed by atoms with Gasteiger partial charge in [0.05, 0.1) is 6.04 Å². The summed E-state index contributed by atoms with van der Waals surface area (Å²) in [5.74, 6) is -1.16. The first-order valence-electron chi connectivity index (χ1n) is 11.3. The number of aryl methyl sites for hydroxylation is 2. The van der Waals surface area contributed by atoms with Gasteiger partial charge in [0.25, 0.3) is 5.56 Å². The molecule has 0 fully saturated rings. The number of aromatic nitrogens is 1. The highest BCUT2D eigenvalue weighted by molar-refractivity contribution is 7.97. The number of rotatable bonds is 7. The molecule has 1 aromatic heterocycles. The molecule has 2 heterocycles. The Morgan fingerprint density at radius 2 is 1.79 bits per heavy atom. The van der Waals surface area contributed by atoms with Gasteiger partial charge in [0, 0.05) is 34.7 Å². The number of fused-ring (bicyclic) bond motifs is 1. The van der Waals surface area contributed by atoms with Gasteiger partial charge in [-0.25, -0.2) is 13.2 Å². The van der Waals surface area contributed by atoms with E-state index in [1.54, 1.807) is 24.1 Å². The lowest BCUT2D eigenvalue weighted by molar-refractivity contribution is 0.317. The third kappa shape index (κ3) is 4.89. The molecular weight excluding hydrogens is 445 g/mol. The molecule has 0 saturated heterocycles. The number of benzene rings is 2. The zero-order valence-corrected chi connectivity index (χ0v) is 19.5. The molecule has 174 valence electrons. The fourth-order valence-electron chi connectivity index (χ4n) is 4.60. The fourth-order valence-corrected chi connectivity index (χ4v) is 5.26. The summed E-state index contributed by atoms with van der Waals surface area (Å²) in [4.78, 5) is 13.3. The van der Waals surface area contributed by atoms with E-state index in [1.165, 1.54) is 6.07 Å². The van der Waals surface area contributed by atoms with Crippen LogP contribution in [0.5, 0.6) is 0 Å². The summed E-state index contributed by atoms with van der Waals surface area (Å²) >= 11 is 1.58. The van der Waals surface area contributed by atoms with Gasteiger partial charge < -0.3 is 4.57 Å². The first-order valence-corrected chi connectivity index (χ1v) is 12.3. The van der Waals surface area contributed by atoms with Crippen molar-refractivity contribution in [3.05, 3.63) is 93.2 Å². The molecule has 1 aliphatic rings. The molecule has 3 aromatic rings. The van der Waals surface area contributed by atoms with Gasteiger partial charge in [0.1, 0.15) is 17.5 Å². The number of nitrogens with one attached hydrogen (secondary N) is 1. The van der Waals surface area contributed by atoms with Crippen molar-refractivity contribution in [3.63, 3.8) is 0 Å². The second-order valence-electron chi connectivity index (χ2n) is 8.28. The number of pyridine rings is 1. The van der Waals surface area contributed by atoms with Crippen LogP contribution in [0.15, 0.2) is 53.3 Å². The molecule has 0 radical (unpaired) electrons. The van der Waals surface area contributed by atoms with Crippen LogP contribution in [-0.4, -0.2) is 16.4 Å². The minimum absolute atomic E-state index is 0.0121. The second-order valence-corrected chi connectivity index (χ2v) is 9.38. The van der Waals surface area contributed by atoms with Crippen molar-refractivity contribution in [3.8, 4) is 11.1 Å². The highest BCUT2D eigenvalue weighted by atomic mass is 32.2. The molecule has 2 unspecified atom stereocenters. The Kier molecular flexibility index (Phi) is 7.29. The highest BCUT2D eigenvalue weighted by Gasteiger charge is 2.31. The lowest BCUT2D eigenvalue weighted by Gasteiger charge is -2.36. The largest absolute Gasteiger partial charge is 0.307 e. The maximum absolute atomic E-state index is 15.6. The minimum Gasteiger partial charge on any atom is -0.307 e. The lowest BCUT2D eigenvalue weighted by atomic mass is 9.89. The van der Waals surface area contributed by atoms with Gasteiger partial charge in [-0.05, 0) is 55.0 Å². The van der Waals surface area contributed by atoms with Crippen LogP contribution in [0.2, 0.25) is 0 Å². The topological polar surface area (TPSA) is 34.0 Å². The van der Waals surface area contributed by atoms with Crippen molar-refractivity contribution in [1.82, 2.24) is 9.29 Å². The SMILES string of the molecule is CCSNC1CCc2ccc(CC)c(=O)n2C1Cc1cccc(-c2cc(F)cc(F)c2)c1F. The Hall–Kier alpha value is -2.51. The molecule has 1 aliphatic heterocycles. The summed E-state index contributed by atoms with van der Waals surface area (Å²) in [6.45, 7) is 4.00. The lowest BCUT2D eigenvalue weighted by Crippen LogP contribution is -2.45. The van der Waals surface area contributed by atoms with Crippen molar-refractivity contribution in [2.24, 2.45) is 0 Å². The zero-order chi connectivity index (χ0) is 23.5. The monoisotopic (exact) mass is 472 g/mol. The summed E-state index contributed by atoms with van der Waals surface area (Å²) in [7, 11) is 0. The molecule has 3 nitrogen and oxygen atoms in total. The number of nitrogens with zero attached hydrogens (tertiary/aromatic N) is 1. The van der Waals surface area contributed by atoms with Gasteiger partial charge >= 0.3 is 0 Å². The molecule has 0 spiro atoms. The van der Waals surface area contributed by atoms with Crippen molar-refractivity contribution >= 4 is 11.9 Å². The smallest absolute Gasteiger partial charge is 0.254 e. The number of hydrogen-bond donors (Lipinski definition) is 1. The Morgan fingerprint density at radius 1 is 1.03 bits per heavy atom. The van der Waals surface area contributed by atoms with E-state index in [4.69, 9.17) is 0 Å². The van der Waals surface area contributed by atoms with E-state index in [0.717, 1.165) is 48.1 Å². The van der Waals surface area contributed by atoms with Crippen LogP contribution in [0.1, 0.15) is 43.1 Å². The third-order valence-corrected chi connectivity index (χ3v) is 6.99. The molecule has 1 N–H and O–H groups in total. The van der Waals surface area contributed by atoms with Gasteiger partial charge in [0.15, 0.2) is 0 Å².